The molecular weight excluding hydrogens is 174 g/mol. The molecule has 0 radical (unpaired) electrons. The lowest BCUT2D eigenvalue weighted by Gasteiger charge is -1.90. The molecule has 2 rings (SSSR count). The van der Waals surface area contributed by atoms with Crippen LogP contribution in [0, 0.1) is 0 Å². The van der Waals surface area contributed by atoms with Crippen LogP contribution in [0.1, 0.15) is 0 Å². The van der Waals surface area contributed by atoms with E-state index in [4.69, 9.17) is 5.53 Å². The third-order valence-electron chi connectivity index (χ3n) is 1.38. The molecular formula is C6H3N5S. The van der Waals surface area contributed by atoms with Gasteiger partial charge in [-0.25, -0.2) is 9.97 Å². The van der Waals surface area contributed by atoms with Crippen LogP contribution in [0.5, 0.6) is 0 Å². The molecule has 0 amide bonds. The van der Waals surface area contributed by atoms with Crippen LogP contribution in [0.25, 0.3) is 20.7 Å². The van der Waals surface area contributed by atoms with Gasteiger partial charge in [0.25, 0.3) is 0 Å². The summed E-state index contributed by atoms with van der Waals surface area (Å²) in [6.45, 7) is 0. The van der Waals surface area contributed by atoms with E-state index in [0.29, 0.717) is 5.82 Å². The zero-order valence-electron chi connectivity index (χ0n) is 5.88. The lowest BCUT2D eigenvalue weighted by Crippen LogP contribution is -1.76. The molecule has 0 spiro atoms. The highest BCUT2D eigenvalue weighted by atomic mass is 32.1. The highest BCUT2D eigenvalue weighted by molar-refractivity contribution is 7.16. The Labute approximate surface area is 71.3 Å². The summed E-state index contributed by atoms with van der Waals surface area (Å²) in [6, 6.07) is 1.84. The molecule has 5 nitrogen and oxygen atoms in total. The predicted octanol–water partition coefficient (Wildman–Crippen LogP) is 2.63. The zero-order chi connectivity index (χ0) is 8.39. The monoisotopic (exact) mass is 177 g/mol. The minimum absolute atomic E-state index is 0.392. The van der Waals surface area contributed by atoms with Gasteiger partial charge in [-0.1, -0.05) is 0 Å². The maximum atomic E-state index is 8.22. The van der Waals surface area contributed by atoms with Crippen LogP contribution in [-0.2, 0) is 0 Å². The molecule has 0 unspecified atom stereocenters. The molecule has 6 heteroatoms. The first-order chi connectivity index (χ1) is 5.92. The lowest BCUT2D eigenvalue weighted by molar-refractivity contribution is 1.20. The van der Waals surface area contributed by atoms with Crippen molar-refractivity contribution in [3.05, 3.63) is 28.2 Å². The Balaban J connectivity index is 2.81. The molecule has 0 aliphatic rings. The molecule has 0 saturated carbocycles. The Morgan fingerprint density at radius 3 is 3.25 bits per heavy atom. The highest BCUT2D eigenvalue weighted by Gasteiger charge is 2.00. The van der Waals surface area contributed by atoms with Gasteiger partial charge in [-0.2, -0.15) is 0 Å². The third-order valence-corrected chi connectivity index (χ3v) is 2.20. The molecule has 0 bridgehead atoms. The van der Waals surface area contributed by atoms with E-state index in [1.54, 1.807) is 0 Å². The number of fused-ring (bicyclic) bond motifs is 1. The van der Waals surface area contributed by atoms with E-state index in [-0.39, 0.29) is 0 Å². The molecule has 2 heterocycles. The molecule has 0 atom stereocenters. The second-order valence-corrected chi connectivity index (χ2v) is 2.92. The zero-order valence-corrected chi connectivity index (χ0v) is 6.69. The maximum absolute atomic E-state index is 8.22. The fourth-order valence-electron chi connectivity index (χ4n) is 0.899. The van der Waals surface area contributed by atoms with Crippen molar-refractivity contribution in [2.45, 2.75) is 0 Å². The number of azide groups is 1. The van der Waals surface area contributed by atoms with E-state index in [0.717, 1.165) is 10.2 Å². The van der Waals surface area contributed by atoms with Gasteiger partial charge in [0, 0.05) is 10.3 Å². The minimum Gasteiger partial charge on any atom is -0.234 e. The van der Waals surface area contributed by atoms with Crippen LogP contribution < -0.4 is 0 Å². The van der Waals surface area contributed by atoms with Crippen molar-refractivity contribution >= 4 is 27.4 Å². The third kappa shape index (κ3) is 0.990. The van der Waals surface area contributed by atoms with Gasteiger partial charge in [0.05, 0.1) is 0 Å². The lowest BCUT2D eigenvalue weighted by atomic mass is 10.4. The van der Waals surface area contributed by atoms with Crippen molar-refractivity contribution in [3.63, 3.8) is 0 Å². The number of hydrogen-bond acceptors (Lipinski definition) is 4. The summed E-state index contributed by atoms with van der Waals surface area (Å²) in [5, 5.41) is 6.13. The van der Waals surface area contributed by atoms with Crippen LogP contribution in [0.4, 0.5) is 5.82 Å². The van der Waals surface area contributed by atoms with Gasteiger partial charge in [0.1, 0.15) is 17.0 Å². The fourth-order valence-corrected chi connectivity index (χ4v) is 1.63. The van der Waals surface area contributed by atoms with Crippen molar-refractivity contribution in [1.29, 1.82) is 0 Å². The van der Waals surface area contributed by atoms with Crippen LogP contribution in [-0.4, -0.2) is 9.97 Å². The fraction of sp³-hybridized carbons (Fsp3) is 0. The van der Waals surface area contributed by atoms with Gasteiger partial charge in [-0.15, -0.1) is 11.3 Å². The topological polar surface area (TPSA) is 74.5 Å². The van der Waals surface area contributed by atoms with E-state index in [1.807, 2.05) is 11.4 Å². The first-order valence-electron chi connectivity index (χ1n) is 3.15. The normalized spacial score (nSPS) is 9.67. The number of aromatic nitrogens is 2. The summed E-state index contributed by atoms with van der Waals surface area (Å²) in [7, 11) is 0. The van der Waals surface area contributed by atoms with Gasteiger partial charge in [0.2, 0.25) is 0 Å². The standard InChI is InChI=1S/C6H3N5S/c7-11-10-5-4-1-2-12-6(4)9-3-8-5/h1-3H. The van der Waals surface area contributed by atoms with E-state index < -0.39 is 0 Å². The van der Waals surface area contributed by atoms with Gasteiger partial charge in [-0.05, 0) is 22.1 Å². The van der Waals surface area contributed by atoms with Crippen molar-refractivity contribution in [2.24, 2.45) is 5.11 Å². The molecule has 0 saturated heterocycles. The Bertz CT molecular complexity index is 456. The average molecular weight is 177 g/mol. The maximum Gasteiger partial charge on any atom is 0.138 e. The van der Waals surface area contributed by atoms with Crippen molar-refractivity contribution in [1.82, 2.24) is 9.97 Å². The summed E-state index contributed by atoms with van der Waals surface area (Å²) >= 11 is 1.49. The summed E-state index contributed by atoms with van der Waals surface area (Å²) in [4.78, 5) is 11.4. The van der Waals surface area contributed by atoms with Crippen LogP contribution in [0.3, 0.4) is 0 Å². The Kier molecular flexibility index (Phi) is 1.62. The number of rotatable bonds is 1. The summed E-state index contributed by atoms with van der Waals surface area (Å²) in [5.74, 6) is 0.392. The van der Waals surface area contributed by atoms with Crippen LogP contribution in [0.15, 0.2) is 22.9 Å². The number of thiophene rings is 1. The molecule has 0 fully saturated rings. The Morgan fingerprint density at radius 2 is 2.42 bits per heavy atom. The predicted molar refractivity (Wildman–Crippen MR) is 46.2 cm³/mol. The largest absolute Gasteiger partial charge is 0.234 e. The quantitative estimate of drug-likeness (QED) is 0.381. The molecule has 2 aromatic heterocycles. The van der Waals surface area contributed by atoms with Crippen molar-refractivity contribution in [2.75, 3.05) is 0 Å². The van der Waals surface area contributed by atoms with Gasteiger partial charge in [0.15, 0.2) is 0 Å². The van der Waals surface area contributed by atoms with Gasteiger partial charge >= 0.3 is 0 Å². The van der Waals surface area contributed by atoms with Crippen LogP contribution >= 0.6 is 11.3 Å². The van der Waals surface area contributed by atoms with E-state index in [1.165, 1.54) is 17.7 Å². The first kappa shape index (κ1) is 7.02. The molecule has 58 valence electrons. The number of nitrogens with zero attached hydrogens (tertiary/aromatic N) is 5. The molecule has 0 aliphatic carbocycles. The SMILES string of the molecule is [N-]=[N+]=Nc1ncnc2sccc12. The van der Waals surface area contributed by atoms with Gasteiger partial charge in [-0.3, -0.25) is 0 Å². The number of hydrogen-bond donors (Lipinski definition) is 0. The average Bonchev–Trinajstić information content (AvgIpc) is 2.53. The van der Waals surface area contributed by atoms with Crippen molar-refractivity contribution < 1.29 is 0 Å². The first-order valence-corrected chi connectivity index (χ1v) is 4.03. The molecule has 0 aromatic carbocycles. The van der Waals surface area contributed by atoms with Crippen molar-refractivity contribution in [3.8, 4) is 0 Å². The van der Waals surface area contributed by atoms with E-state index in [9.17, 15) is 0 Å². The van der Waals surface area contributed by atoms with E-state index in [2.05, 4.69) is 20.0 Å². The molecule has 2 aromatic rings. The Morgan fingerprint density at radius 1 is 1.50 bits per heavy atom. The molecule has 0 aliphatic heterocycles. The molecule has 12 heavy (non-hydrogen) atoms. The summed E-state index contributed by atoms with van der Waals surface area (Å²) in [6.07, 6.45) is 1.39. The second-order valence-electron chi connectivity index (χ2n) is 2.03. The smallest absolute Gasteiger partial charge is 0.138 e. The minimum atomic E-state index is 0.392. The van der Waals surface area contributed by atoms with Crippen LogP contribution in [0.2, 0.25) is 0 Å². The highest BCUT2D eigenvalue weighted by Crippen LogP contribution is 2.25. The Hall–Kier alpha value is -1.65. The summed E-state index contributed by atoms with van der Waals surface area (Å²) in [5.41, 5.74) is 8.22. The van der Waals surface area contributed by atoms with Gasteiger partial charge < -0.3 is 0 Å². The molecule has 0 N–H and O–H groups in total. The summed E-state index contributed by atoms with van der Waals surface area (Å²) < 4.78 is 0. The van der Waals surface area contributed by atoms with E-state index >= 15 is 0 Å². The second kappa shape index (κ2) is 2.77.